The van der Waals surface area contributed by atoms with Gasteiger partial charge in [-0.05, 0) is 42.4 Å². The molecule has 0 aliphatic heterocycles. The molecule has 0 atom stereocenters. The van der Waals surface area contributed by atoms with Crippen molar-refractivity contribution in [1.29, 1.82) is 0 Å². The lowest BCUT2D eigenvalue weighted by molar-refractivity contribution is 0.612. The summed E-state index contributed by atoms with van der Waals surface area (Å²) in [6.45, 7) is 1.89. The van der Waals surface area contributed by atoms with Crippen LogP contribution in [0.1, 0.15) is 12.5 Å². The first kappa shape index (κ1) is 9.92. The highest BCUT2D eigenvalue weighted by atomic mass is 32.1. The van der Waals surface area contributed by atoms with Gasteiger partial charge in [0.1, 0.15) is 5.82 Å². The van der Waals surface area contributed by atoms with Crippen LogP contribution in [0.5, 0.6) is 0 Å². The Hall–Kier alpha value is -1.16. The molecule has 0 heterocycles. The van der Waals surface area contributed by atoms with Gasteiger partial charge < -0.3 is 11.1 Å². The van der Waals surface area contributed by atoms with Crippen molar-refractivity contribution in [2.75, 3.05) is 5.32 Å². The van der Waals surface area contributed by atoms with Crippen LogP contribution in [0, 0.1) is 5.82 Å². The van der Waals surface area contributed by atoms with Crippen LogP contribution in [-0.2, 0) is 6.42 Å². The minimum atomic E-state index is -0.198. The van der Waals surface area contributed by atoms with Crippen LogP contribution in [0.15, 0.2) is 18.2 Å². The Labute approximate surface area is 81.9 Å². The van der Waals surface area contributed by atoms with E-state index in [4.69, 9.17) is 5.73 Å². The summed E-state index contributed by atoms with van der Waals surface area (Å²) in [5.74, 6) is -0.198. The van der Waals surface area contributed by atoms with Crippen LogP contribution < -0.4 is 11.1 Å². The number of halogens is 1. The molecule has 4 heteroatoms. The molecule has 0 radical (unpaired) electrons. The quantitative estimate of drug-likeness (QED) is 0.714. The number of nitrogens with one attached hydrogen (secondary N) is 1. The first-order valence-electron chi connectivity index (χ1n) is 3.98. The highest BCUT2D eigenvalue weighted by Crippen LogP contribution is 2.14. The van der Waals surface area contributed by atoms with Gasteiger partial charge in [0.05, 0.1) is 0 Å². The molecule has 1 rings (SSSR count). The van der Waals surface area contributed by atoms with Crippen molar-refractivity contribution in [2.24, 2.45) is 5.73 Å². The van der Waals surface area contributed by atoms with E-state index in [1.807, 2.05) is 6.92 Å². The zero-order valence-corrected chi connectivity index (χ0v) is 8.12. The van der Waals surface area contributed by atoms with Crippen molar-refractivity contribution < 1.29 is 4.39 Å². The molecule has 70 valence electrons. The lowest BCUT2D eigenvalue weighted by Crippen LogP contribution is -2.18. The molecule has 0 fully saturated rings. The van der Waals surface area contributed by atoms with Gasteiger partial charge in [0.2, 0.25) is 0 Å². The minimum Gasteiger partial charge on any atom is -0.376 e. The number of thiocarbonyl (C=S) groups is 1. The third kappa shape index (κ3) is 2.66. The molecule has 0 aliphatic rings. The fourth-order valence-electron chi connectivity index (χ4n) is 1.07. The Bertz CT molecular complexity index is 325. The molecule has 1 aromatic rings. The number of aryl methyl sites for hydroxylation is 1. The summed E-state index contributed by atoms with van der Waals surface area (Å²) in [4.78, 5) is 0. The molecular formula is C9H11FN2S. The van der Waals surface area contributed by atoms with Gasteiger partial charge >= 0.3 is 0 Å². The van der Waals surface area contributed by atoms with E-state index in [1.165, 1.54) is 6.07 Å². The molecule has 0 bridgehead atoms. The van der Waals surface area contributed by atoms with E-state index in [0.717, 1.165) is 5.69 Å². The van der Waals surface area contributed by atoms with Crippen LogP contribution in [0.2, 0.25) is 0 Å². The van der Waals surface area contributed by atoms with Gasteiger partial charge in [-0.15, -0.1) is 0 Å². The molecular weight excluding hydrogens is 187 g/mol. The molecule has 0 aliphatic carbocycles. The van der Waals surface area contributed by atoms with Crippen molar-refractivity contribution in [3.8, 4) is 0 Å². The maximum Gasteiger partial charge on any atom is 0.168 e. The number of hydrogen-bond acceptors (Lipinski definition) is 1. The normalized spacial score (nSPS) is 9.69. The largest absolute Gasteiger partial charge is 0.376 e. The first-order valence-corrected chi connectivity index (χ1v) is 4.39. The molecule has 2 nitrogen and oxygen atoms in total. The second-order valence-electron chi connectivity index (χ2n) is 2.65. The summed E-state index contributed by atoms with van der Waals surface area (Å²) >= 11 is 4.66. The predicted octanol–water partition coefficient (Wildman–Crippen LogP) is 2.04. The lowest BCUT2D eigenvalue weighted by atomic mass is 10.1. The Kier molecular flexibility index (Phi) is 3.19. The molecule has 3 N–H and O–H groups in total. The summed E-state index contributed by atoms with van der Waals surface area (Å²) in [5.41, 5.74) is 6.66. The van der Waals surface area contributed by atoms with Crippen molar-refractivity contribution in [1.82, 2.24) is 0 Å². The maximum absolute atomic E-state index is 13.0. The van der Waals surface area contributed by atoms with E-state index in [-0.39, 0.29) is 10.9 Å². The highest BCUT2D eigenvalue weighted by molar-refractivity contribution is 7.80. The molecule has 13 heavy (non-hydrogen) atoms. The molecule has 0 amide bonds. The van der Waals surface area contributed by atoms with Gasteiger partial charge in [0.25, 0.3) is 0 Å². The van der Waals surface area contributed by atoms with E-state index in [9.17, 15) is 4.39 Å². The number of hydrogen-bond donors (Lipinski definition) is 2. The standard InChI is InChI=1S/C9H11FN2S/c1-2-6-5-7(12-9(11)13)3-4-8(6)10/h3-5H,2H2,1H3,(H3,11,12,13). The second-order valence-corrected chi connectivity index (χ2v) is 3.09. The van der Waals surface area contributed by atoms with E-state index in [1.54, 1.807) is 12.1 Å². The van der Waals surface area contributed by atoms with Crippen molar-refractivity contribution >= 4 is 23.0 Å². The molecule has 1 aromatic carbocycles. The van der Waals surface area contributed by atoms with Crippen molar-refractivity contribution in [3.05, 3.63) is 29.6 Å². The molecule has 0 saturated carbocycles. The summed E-state index contributed by atoms with van der Waals surface area (Å²) in [5, 5.41) is 2.94. The topological polar surface area (TPSA) is 38.0 Å². The van der Waals surface area contributed by atoms with Crippen LogP contribution in [0.25, 0.3) is 0 Å². The van der Waals surface area contributed by atoms with Gasteiger partial charge in [-0.2, -0.15) is 0 Å². The van der Waals surface area contributed by atoms with Crippen LogP contribution in [0.4, 0.5) is 10.1 Å². The fraction of sp³-hybridized carbons (Fsp3) is 0.222. The minimum absolute atomic E-state index is 0.189. The van der Waals surface area contributed by atoms with Gasteiger partial charge in [-0.25, -0.2) is 4.39 Å². The Balaban J connectivity index is 2.92. The summed E-state index contributed by atoms with van der Waals surface area (Å²) < 4.78 is 13.0. The third-order valence-corrected chi connectivity index (χ3v) is 1.80. The number of nitrogens with two attached hydrogens (primary N) is 1. The Morgan fingerprint density at radius 3 is 2.85 bits per heavy atom. The van der Waals surface area contributed by atoms with Crippen LogP contribution in [-0.4, -0.2) is 5.11 Å². The highest BCUT2D eigenvalue weighted by Gasteiger charge is 2.01. The number of rotatable bonds is 2. The van der Waals surface area contributed by atoms with Gasteiger partial charge in [-0.3, -0.25) is 0 Å². The third-order valence-electron chi connectivity index (χ3n) is 1.69. The predicted molar refractivity (Wildman–Crippen MR) is 56.2 cm³/mol. The maximum atomic E-state index is 13.0. The van der Waals surface area contributed by atoms with Crippen LogP contribution in [0.3, 0.4) is 0 Å². The SMILES string of the molecule is CCc1cc(NC(N)=S)ccc1F. The van der Waals surface area contributed by atoms with Gasteiger partial charge in [0.15, 0.2) is 5.11 Å². The zero-order valence-electron chi connectivity index (χ0n) is 7.30. The number of benzene rings is 1. The lowest BCUT2D eigenvalue weighted by Gasteiger charge is -2.06. The fourth-order valence-corrected chi connectivity index (χ4v) is 1.18. The first-order chi connectivity index (χ1) is 6.13. The van der Waals surface area contributed by atoms with E-state index in [0.29, 0.717) is 12.0 Å². The molecule has 0 spiro atoms. The molecule has 0 aromatic heterocycles. The zero-order chi connectivity index (χ0) is 9.84. The van der Waals surface area contributed by atoms with E-state index >= 15 is 0 Å². The average molecular weight is 198 g/mol. The average Bonchev–Trinajstić information content (AvgIpc) is 2.07. The van der Waals surface area contributed by atoms with E-state index < -0.39 is 0 Å². The Morgan fingerprint density at radius 1 is 1.62 bits per heavy atom. The molecule has 0 unspecified atom stereocenters. The number of anilines is 1. The van der Waals surface area contributed by atoms with Crippen LogP contribution >= 0.6 is 12.2 Å². The monoisotopic (exact) mass is 198 g/mol. The van der Waals surface area contributed by atoms with E-state index in [2.05, 4.69) is 17.5 Å². The summed E-state index contributed by atoms with van der Waals surface area (Å²) in [7, 11) is 0. The van der Waals surface area contributed by atoms with Gasteiger partial charge in [0, 0.05) is 5.69 Å². The second kappa shape index (κ2) is 4.18. The van der Waals surface area contributed by atoms with Crippen molar-refractivity contribution in [2.45, 2.75) is 13.3 Å². The molecule has 0 saturated heterocycles. The van der Waals surface area contributed by atoms with Crippen molar-refractivity contribution in [3.63, 3.8) is 0 Å². The van der Waals surface area contributed by atoms with Gasteiger partial charge in [-0.1, -0.05) is 6.92 Å². The smallest absolute Gasteiger partial charge is 0.168 e. The Morgan fingerprint density at radius 2 is 2.31 bits per heavy atom. The summed E-state index contributed by atoms with van der Waals surface area (Å²) in [6.07, 6.45) is 0.651. The summed E-state index contributed by atoms with van der Waals surface area (Å²) in [6, 6.07) is 4.71.